The first kappa shape index (κ1) is 14.8. The molecule has 0 bridgehead atoms. The van der Waals surface area contributed by atoms with Crippen LogP contribution >= 0.6 is 15.9 Å². The second-order valence-electron chi connectivity index (χ2n) is 5.00. The fourth-order valence-electron chi connectivity index (χ4n) is 2.29. The number of carboxylic acids is 1. The standard InChI is InChI=1S/C14H17BrN2O3/c1-9-6-12(15)3-2-10(9)7-16-14(20)17-5-4-11(8-17)13(18)19/h2-3,6,11H,4-5,7-8H2,1H3,(H,16,20)(H,18,19). The lowest BCUT2D eigenvalue weighted by Gasteiger charge is -2.17. The predicted molar refractivity (Wildman–Crippen MR) is 78.4 cm³/mol. The quantitative estimate of drug-likeness (QED) is 0.887. The van der Waals surface area contributed by atoms with Gasteiger partial charge in [-0.1, -0.05) is 22.0 Å². The number of urea groups is 1. The fraction of sp³-hybridized carbons (Fsp3) is 0.429. The molecule has 2 rings (SSSR count). The van der Waals surface area contributed by atoms with E-state index in [2.05, 4.69) is 21.2 Å². The van der Waals surface area contributed by atoms with Crippen molar-refractivity contribution in [1.82, 2.24) is 10.2 Å². The number of aliphatic carboxylic acids is 1. The van der Waals surface area contributed by atoms with Crippen molar-refractivity contribution < 1.29 is 14.7 Å². The number of rotatable bonds is 3. The summed E-state index contributed by atoms with van der Waals surface area (Å²) in [5, 5.41) is 11.8. The molecule has 1 aliphatic heterocycles. The third kappa shape index (κ3) is 3.50. The van der Waals surface area contributed by atoms with Gasteiger partial charge in [0.05, 0.1) is 5.92 Å². The summed E-state index contributed by atoms with van der Waals surface area (Å²) < 4.78 is 1.01. The zero-order valence-corrected chi connectivity index (χ0v) is 12.8. The third-order valence-corrected chi connectivity index (χ3v) is 4.05. The van der Waals surface area contributed by atoms with Crippen molar-refractivity contribution in [3.8, 4) is 0 Å². The van der Waals surface area contributed by atoms with Crippen molar-refractivity contribution in [1.29, 1.82) is 0 Å². The average Bonchev–Trinajstić information content (AvgIpc) is 2.87. The Morgan fingerprint density at radius 1 is 1.50 bits per heavy atom. The van der Waals surface area contributed by atoms with Crippen LogP contribution in [0.1, 0.15) is 17.5 Å². The molecule has 5 nitrogen and oxygen atoms in total. The Bertz CT molecular complexity index is 533. The van der Waals surface area contributed by atoms with Crippen molar-refractivity contribution in [2.75, 3.05) is 13.1 Å². The van der Waals surface area contributed by atoms with Gasteiger partial charge in [0.1, 0.15) is 0 Å². The number of aryl methyl sites for hydroxylation is 1. The molecule has 0 radical (unpaired) electrons. The van der Waals surface area contributed by atoms with Crippen LogP contribution in [0.4, 0.5) is 4.79 Å². The molecule has 6 heteroatoms. The van der Waals surface area contributed by atoms with Gasteiger partial charge in [-0.05, 0) is 36.6 Å². The van der Waals surface area contributed by atoms with E-state index in [1.165, 1.54) is 0 Å². The van der Waals surface area contributed by atoms with Crippen LogP contribution in [0.15, 0.2) is 22.7 Å². The molecule has 0 saturated carbocycles. The van der Waals surface area contributed by atoms with Crippen molar-refractivity contribution in [2.45, 2.75) is 19.9 Å². The average molecular weight is 341 g/mol. The van der Waals surface area contributed by atoms with E-state index in [-0.39, 0.29) is 6.03 Å². The van der Waals surface area contributed by atoms with Gasteiger partial charge in [0, 0.05) is 24.1 Å². The molecule has 1 aliphatic rings. The van der Waals surface area contributed by atoms with E-state index in [1.54, 1.807) is 4.90 Å². The number of carboxylic acid groups (broad SMARTS) is 1. The summed E-state index contributed by atoms with van der Waals surface area (Å²) in [6.07, 6.45) is 0.528. The van der Waals surface area contributed by atoms with Gasteiger partial charge in [0.25, 0.3) is 0 Å². The summed E-state index contributed by atoms with van der Waals surface area (Å²) in [5.41, 5.74) is 2.15. The van der Waals surface area contributed by atoms with Crippen LogP contribution in [0, 0.1) is 12.8 Å². The SMILES string of the molecule is Cc1cc(Br)ccc1CNC(=O)N1CCC(C(=O)O)C1. The number of carbonyl (C=O) groups excluding carboxylic acids is 1. The molecule has 1 saturated heterocycles. The van der Waals surface area contributed by atoms with Gasteiger partial charge in [-0.2, -0.15) is 0 Å². The molecule has 108 valence electrons. The largest absolute Gasteiger partial charge is 0.481 e. The maximum absolute atomic E-state index is 12.0. The van der Waals surface area contributed by atoms with Gasteiger partial charge >= 0.3 is 12.0 Å². The lowest BCUT2D eigenvalue weighted by molar-refractivity contribution is -0.141. The second-order valence-corrected chi connectivity index (χ2v) is 5.92. The zero-order chi connectivity index (χ0) is 14.7. The van der Waals surface area contributed by atoms with E-state index in [4.69, 9.17) is 5.11 Å². The number of nitrogens with zero attached hydrogens (tertiary/aromatic N) is 1. The van der Waals surface area contributed by atoms with Crippen LogP contribution in [0.25, 0.3) is 0 Å². The van der Waals surface area contributed by atoms with Gasteiger partial charge in [-0.15, -0.1) is 0 Å². The van der Waals surface area contributed by atoms with E-state index < -0.39 is 11.9 Å². The van der Waals surface area contributed by atoms with Crippen LogP contribution in [0.2, 0.25) is 0 Å². The monoisotopic (exact) mass is 340 g/mol. The van der Waals surface area contributed by atoms with Crippen molar-refractivity contribution in [3.63, 3.8) is 0 Å². The lowest BCUT2D eigenvalue weighted by Crippen LogP contribution is -2.38. The van der Waals surface area contributed by atoms with Crippen molar-refractivity contribution in [2.24, 2.45) is 5.92 Å². The topological polar surface area (TPSA) is 69.6 Å². The Morgan fingerprint density at radius 2 is 2.25 bits per heavy atom. The molecule has 1 unspecified atom stereocenters. The maximum Gasteiger partial charge on any atom is 0.317 e. The van der Waals surface area contributed by atoms with Gasteiger partial charge in [-0.25, -0.2) is 4.79 Å². The number of benzene rings is 1. The summed E-state index contributed by atoms with van der Waals surface area (Å²) in [5.74, 6) is -1.26. The molecular weight excluding hydrogens is 324 g/mol. The van der Waals surface area contributed by atoms with E-state index in [0.29, 0.717) is 26.1 Å². The predicted octanol–water partition coefficient (Wildman–Crippen LogP) is 2.37. The molecule has 1 aromatic carbocycles. The normalized spacial score (nSPS) is 18.1. The molecule has 2 amide bonds. The minimum absolute atomic E-state index is 0.198. The number of amides is 2. The number of nitrogens with one attached hydrogen (secondary N) is 1. The van der Waals surface area contributed by atoms with Crippen LogP contribution in [0.5, 0.6) is 0 Å². The van der Waals surface area contributed by atoms with E-state index >= 15 is 0 Å². The van der Waals surface area contributed by atoms with Crippen molar-refractivity contribution in [3.05, 3.63) is 33.8 Å². The Labute approximate surface area is 126 Å². The Morgan fingerprint density at radius 3 is 2.85 bits per heavy atom. The van der Waals surface area contributed by atoms with Crippen molar-refractivity contribution >= 4 is 27.9 Å². The van der Waals surface area contributed by atoms with E-state index in [9.17, 15) is 9.59 Å². The molecule has 0 aliphatic carbocycles. The highest BCUT2D eigenvalue weighted by molar-refractivity contribution is 9.10. The first-order chi connectivity index (χ1) is 9.47. The summed E-state index contributed by atoms with van der Waals surface area (Å²) in [7, 11) is 0. The molecule has 1 atom stereocenters. The molecule has 20 heavy (non-hydrogen) atoms. The maximum atomic E-state index is 12.0. The fourth-order valence-corrected chi connectivity index (χ4v) is 2.76. The van der Waals surface area contributed by atoms with Crippen LogP contribution in [0.3, 0.4) is 0 Å². The number of carbonyl (C=O) groups is 2. The van der Waals surface area contributed by atoms with E-state index in [1.807, 2.05) is 25.1 Å². The smallest absolute Gasteiger partial charge is 0.317 e. The molecule has 2 N–H and O–H groups in total. The van der Waals surface area contributed by atoms with Gasteiger partial charge < -0.3 is 15.3 Å². The van der Waals surface area contributed by atoms with Gasteiger partial charge in [-0.3, -0.25) is 4.79 Å². The Hall–Kier alpha value is -1.56. The summed E-state index contributed by atoms with van der Waals surface area (Å²) in [6.45, 7) is 3.23. The van der Waals surface area contributed by atoms with Crippen LogP contribution in [-0.2, 0) is 11.3 Å². The van der Waals surface area contributed by atoms with E-state index in [0.717, 1.165) is 15.6 Å². The molecule has 0 spiro atoms. The zero-order valence-electron chi connectivity index (χ0n) is 11.2. The first-order valence-electron chi connectivity index (χ1n) is 6.48. The number of likely N-dealkylation sites (tertiary alicyclic amines) is 1. The second kappa shape index (κ2) is 6.26. The summed E-state index contributed by atoms with van der Waals surface area (Å²) in [4.78, 5) is 24.4. The van der Waals surface area contributed by atoms with Gasteiger partial charge in [0.15, 0.2) is 0 Å². The molecular formula is C14H17BrN2O3. The first-order valence-corrected chi connectivity index (χ1v) is 7.27. The molecule has 0 aromatic heterocycles. The summed E-state index contributed by atoms with van der Waals surface area (Å²) in [6, 6.07) is 5.70. The van der Waals surface area contributed by atoms with Gasteiger partial charge in [0.2, 0.25) is 0 Å². The molecule has 1 fully saturated rings. The number of halogens is 1. The minimum Gasteiger partial charge on any atom is -0.481 e. The number of hydrogen-bond donors (Lipinski definition) is 2. The highest BCUT2D eigenvalue weighted by atomic mass is 79.9. The van der Waals surface area contributed by atoms with Crippen LogP contribution in [-0.4, -0.2) is 35.1 Å². The Kier molecular flexibility index (Phi) is 4.65. The highest BCUT2D eigenvalue weighted by Crippen LogP contribution is 2.18. The van der Waals surface area contributed by atoms with Crippen LogP contribution < -0.4 is 5.32 Å². The minimum atomic E-state index is -0.830. The molecule has 1 heterocycles. The number of hydrogen-bond acceptors (Lipinski definition) is 2. The Balaban J connectivity index is 1.88. The highest BCUT2D eigenvalue weighted by Gasteiger charge is 2.30. The molecule has 1 aromatic rings. The summed E-state index contributed by atoms with van der Waals surface area (Å²) >= 11 is 3.40. The lowest BCUT2D eigenvalue weighted by atomic mass is 10.1. The third-order valence-electron chi connectivity index (χ3n) is 3.56.